The Hall–Kier alpha value is -2.36. The molecule has 3 aromatic rings. The number of nitrogens with zero attached hydrogens (tertiary/aromatic N) is 2. The Morgan fingerprint density at radius 2 is 1.70 bits per heavy atom. The van der Waals surface area contributed by atoms with E-state index < -0.39 is 0 Å². The number of aromatic nitrogens is 3. The summed E-state index contributed by atoms with van der Waals surface area (Å²) in [4.78, 5) is 17.0. The summed E-state index contributed by atoms with van der Waals surface area (Å²) in [5.74, 6) is 0. The lowest BCUT2D eigenvalue weighted by Gasteiger charge is -2.12. The first-order valence-corrected chi connectivity index (χ1v) is 8.11. The fraction of sp³-hybridized carbons (Fsp3) is 0.368. The molecule has 1 aromatic carbocycles. The average molecular weight is 309 g/mol. The zero-order valence-electron chi connectivity index (χ0n) is 14.4. The molecule has 0 aliphatic rings. The summed E-state index contributed by atoms with van der Waals surface area (Å²) in [7, 11) is 0. The quantitative estimate of drug-likeness (QED) is 0.798. The van der Waals surface area contributed by atoms with Crippen molar-refractivity contribution >= 4 is 5.65 Å². The number of aromatic amines is 1. The summed E-state index contributed by atoms with van der Waals surface area (Å²) in [6.45, 7) is 10.4. The van der Waals surface area contributed by atoms with Gasteiger partial charge in [0.15, 0.2) is 5.65 Å². The van der Waals surface area contributed by atoms with Crippen molar-refractivity contribution in [2.75, 3.05) is 0 Å². The first-order chi connectivity index (χ1) is 10.9. The van der Waals surface area contributed by atoms with Crippen LogP contribution in [-0.2, 0) is 6.42 Å². The highest BCUT2D eigenvalue weighted by Crippen LogP contribution is 2.34. The highest BCUT2D eigenvalue weighted by atomic mass is 16.1. The van der Waals surface area contributed by atoms with E-state index >= 15 is 0 Å². The summed E-state index contributed by atoms with van der Waals surface area (Å²) in [6, 6.07) is 5.95. The third-order valence-corrected chi connectivity index (χ3v) is 4.25. The Balaban J connectivity index is 2.45. The maximum absolute atomic E-state index is 12.3. The number of hydrogen-bond donors (Lipinski definition) is 1. The predicted molar refractivity (Wildman–Crippen MR) is 94.2 cm³/mol. The largest absolute Gasteiger partial charge is 0.293 e. The fourth-order valence-corrected chi connectivity index (χ4v) is 3.47. The van der Waals surface area contributed by atoms with Gasteiger partial charge in [0.05, 0.1) is 0 Å². The van der Waals surface area contributed by atoms with Gasteiger partial charge in [-0.15, -0.1) is 0 Å². The van der Waals surface area contributed by atoms with Gasteiger partial charge in [-0.2, -0.15) is 0 Å². The van der Waals surface area contributed by atoms with Crippen LogP contribution in [-0.4, -0.2) is 14.6 Å². The van der Waals surface area contributed by atoms with Gasteiger partial charge in [0.25, 0.3) is 5.56 Å². The first kappa shape index (κ1) is 15.5. The predicted octanol–water partition coefficient (Wildman–Crippen LogP) is 3.88. The van der Waals surface area contributed by atoms with E-state index in [1.54, 1.807) is 10.6 Å². The smallest absolute Gasteiger partial charge is 0.272 e. The molecule has 120 valence electrons. The van der Waals surface area contributed by atoms with Gasteiger partial charge in [-0.1, -0.05) is 31.0 Å². The number of rotatable bonds is 3. The van der Waals surface area contributed by atoms with Crippen molar-refractivity contribution in [3.63, 3.8) is 0 Å². The SMILES string of the molecule is CCCc1[nH]n2c(=O)cc(C)nc2c1-c1c(C)cc(C)cc1C. The van der Waals surface area contributed by atoms with Crippen molar-refractivity contribution < 1.29 is 0 Å². The zero-order valence-corrected chi connectivity index (χ0v) is 14.4. The molecule has 0 bridgehead atoms. The number of aryl methyl sites for hydroxylation is 5. The van der Waals surface area contributed by atoms with Gasteiger partial charge in [0, 0.05) is 23.0 Å². The minimum atomic E-state index is -0.0569. The third-order valence-electron chi connectivity index (χ3n) is 4.25. The molecule has 0 saturated carbocycles. The lowest BCUT2D eigenvalue weighted by Crippen LogP contribution is -2.14. The van der Waals surface area contributed by atoms with Gasteiger partial charge < -0.3 is 0 Å². The Bertz CT molecular complexity index is 924. The monoisotopic (exact) mass is 309 g/mol. The van der Waals surface area contributed by atoms with Gasteiger partial charge in [-0.05, 0) is 50.8 Å². The maximum Gasteiger partial charge on any atom is 0.272 e. The summed E-state index contributed by atoms with van der Waals surface area (Å²) < 4.78 is 1.58. The van der Waals surface area contributed by atoms with Crippen LogP contribution < -0.4 is 5.56 Å². The second kappa shape index (κ2) is 5.69. The number of hydrogen-bond acceptors (Lipinski definition) is 2. The van der Waals surface area contributed by atoms with Gasteiger partial charge in [0.2, 0.25) is 0 Å². The molecule has 4 heteroatoms. The molecule has 2 aromatic heterocycles. The summed E-state index contributed by atoms with van der Waals surface area (Å²) in [6.07, 6.45) is 1.90. The Kier molecular flexibility index (Phi) is 3.84. The number of nitrogens with one attached hydrogen (secondary N) is 1. The van der Waals surface area contributed by atoms with Crippen LogP contribution in [0.1, 0.15) is 41.4 Å². The van der Waals surface area contributed by atoms with Gasteiger partial charge >= 0.3 is 0 Å². The highest BCUT2D eigenvalue weighted by molar-refractivity contribution is 5.84. The van der Waals surface area contributed by atoms with E-state index in [4.69, 9.17) is 0 Å². The average Bonchev–Trinajstić information content (AvgIpc) is 2.77. The standard InChI is InChI=1S/C19H23N3O/c1-6-7-15-18(17-12(3)8-11(2)9-13(17)4)19-20-14(5)10-16(23)22(19)21-15/h8-10,21H,6-7H2,1-5H3. The molecule has 23 heavy (non-hydrogen) atoms. The molecule has 0 spiro atoms. The minimum Gasteiger partial charge on any atom is -0.293 e. The fourth-order valence-electron chi connectivity index (χ4n) is 3.47. The first-order valence-electron chi connectivity index (χ1n) is 8.11. The van der Waals surface area contributed by atoms with E-state index in [2.05, 4.69) is 49.9 Å². The molecule has 0 aliphatic heterocycles. The van der Waals surface area contributed by atoms with E-state index in [9.17, 15) is 4.79 Å². The molecule has 3 rings (SSSR count). The van der Waals surface area contributed by atoms with Crippen molar-refractivity contribution in [3.05, 3.63) is 56.6 Å². The number of benzene rings is 1. The minimum absolute atomic E-state index is 0.0569. The van der Waals surface area contributed by atoms with Crippen LogP contribution in [0.25, 0.3) is 16.8 Å². The van der Waals surface area contributed by atoms with Crippen molar-refractivity contribution in [1.29, 1.82) is 0 Å². The Morgan fingerprint density at radius 1 is 1.04 bits per heavy atom. The Labute approximate surface area is 136 Å². The molecular weight excluding hydrogens is 286 g/mol. The molecule has 0 aliphatic carbocycles. The molecule has 4 nitrogen and oxygen atoms in total. The van der Waals surface area contributed by atoms with Crippen molar-refractivity contribution in [2.45, 2.75) is 47.5 Å². The van der Waals surface area contributed by atoms with Crippen LogP contribution in [0.3, 0.4) is 0 Å². The van der Waals surface area contributed by atoms with Crippen LogP contribution >= 0.6 is 0 Å². The van der Waals surface area contributed by atoms with Crippen molar-refractivity contribution in [2.24, 2.45) is 0 Å². The van der Waals surface area contributed by atoms with Crippen LogP contribution in [0, 0.1) is 27.7 Å². The molecule has 0 unspecified atom stereocenters. The summed E-state index contributed by atoms with van der Waals surface area (Å²) >= 11 is 0. The number of fused-ring (bicyclic) bond motifs is 1. The van der Waals surface area contributed by atoms with Crippen LogP contribution in [0.2, 0.25) is 0 Å². The highest BCUT2D eigenvalue weighted by Gasteiger charge is 2.19. The second-order valence-corrected chi connectivity index (χ2v) is 6.38. The third kappa shape index (κ3) is 2.58. The van der Waals surface area contributed by atoms with Crippen LogP contribution in [0.15, 0.2) is 23.0 Å². The molecule has 2 heterocycles. The molecular formula is C19H23N3O. The van der Waals surface area contributed by atoms with Crippen molar-refractivity contribution in [1.82, 2.24) is 14.6 Å². The molecule has 0 amide bonds. The Morgan fingerprint density at radius 3 is 2.30 bits per heavy atom. The lowest BCUT2D eigenvalue weighted by atomic mass is 9.93. The number of H-pyrrole nitrogens is 1. The van der Waals surface area contributed by atoms with E-state index in [0.717, 1.165) is 35.4 Å². The van der Waals surface area contributed by atoms with Crippen LogP contribution in [0.4, 0.5) is 0 Å². The zero-order chi connectivity index (χ0) is 16.7. The van der Waals surface area contributed by atoms with E-state index in [1.807, 2.05) is 6.92 Å². The van der Waals surface area contributed by atoms with Crippen molar-refractivity contribution in [3.8, 4) is 11.1 Å². The van der Waals surface area contributed by atoms with Gasteiger partial charge in [-0.3, -0.25) is 9.89 Å². The van der Waals surface area contributed by atoms with Gasteiger partial charge in [0.1, 0.15) is 0 Å². The summed E-state index contributed by atoms with van der Waals surface area (Å²) in [5.41, 5.74) is 8.46. The molecule has 0 atom stereocenters. The van der Waals surface area contributed by atoms with Gasteiger partial charge in [-0.25, -0.2) is 9.50 Å². The van der Waals surface area contributed by atoms with E-state index in [-0.39, 0.29) is 5.56 Å². The maximum atomic E-state index is 12.3. The van der Waals surface area contributed by atoms with Crippen LogP contribution in [0.5, 0.6) is 0 Å². The summed E-state index contributed by atoms with van der Waals surface area (Å²) in [5, 5.41) is 3.27. The topological polar surface area (TPSA) is 50.2 Å². The second-order valence-electron chi connectivity index (χ2n) is 6.38. The van der Waals surface area contributed by atoms with E-state index in [0.29, 0.717) is 0 Å². The molecule has 0 radical (unpaired) electrons. The molecule has 1 N–H and O–H groups in total. The van der Waals surface area contributed by atoms with E-state index in [1.165, 1.54) is 22.3 Å². The normalized spacial score (nSPS) is 11.3. The molecule has 0 fully saturated rings. The molecule has 0 saturated heterocycles. The lowest BCUT2D eigenvalue weighted by molar-refractivity contribution is 0.815.